The molecule has 158 valence electrons. The number of rotatable bonds is 5. The molecule has 0 aromatic heterocycles. The molecule has 0 bridgehead atoms. The van der Waals surface area contributed by atoms with Crippen molar-refractivity contribution in [3.8, 4) is 5.75 Å². The van der Waals surface area contributed by atoms with E-state index in [2.05, 4.69) is 10.5 Å². The van der Waals surface area contributed by atoms with Crippen LogP contribution in [0.15, 0.2) is 65.8 Å². The molecule has 1 aliphatic rings. The van der Waals surface area contributed by atoms with Gasteiger partial charge in [-0.2, -0.15) is 5.10 Å². The Labute approximate surface area is 182 Å². The minimum Gasteiger partial charge on any atom is -0.422 e. The molecule has 1 N–H and O–H groups in total. The summed E-state index contributed by atoms with van der Waals surface area (Å²) in [5.74, 6) is -0.0530. The fourth-order valence-electron chi connectivity index (χ4n) is 3.96. The molecule has 0 spiro atoms. The summed E-state index contributed by atoms with van der Waals surface area (Å²) in [6.45, 7) is 1.97. The van der Waals surface area contributed by atoms with Gasteiger partial charge in [-0.05, 0) is 48.7 Å². The van der Waals surface area contributed by atoms with E-state index in [9.17, 15) is 9.59 Å². The van der Waals surface area contributed by atoms with Crippen LogP contribution in [0.2, 0.25) is 0 Å². The van der Waals surface area contributed by atoms with Crippen molar-refractivity contribution in [2.75, 3.05) is 0 Å². The number of hydrogen-bond donors (Lipinski definition) is 1. The molecule has 1 fully saturated rings. The summed E-state index contributed by atoms with van der Waals surface area (Å²) < 4.78 is 5.71. The lowest BCUT2D eigenvalue weighted by molar-refractivity contribution is -0.125. The first-order valence-corrected chi connectivity index (χ1v) is 10.8. The predicted molar refractivity (Wildman–Crippen MR) is 122 cm³/mol. The standard InChI is InChI=1S/C26H26N2O3/c1-18-11-13-21(14-12-18)26(30)31-24-16-15-19-7-5-6-10-22(19)23(24)17-27-28-25(29)20-8-3-2-4-9-20/h5-7,10-17,20H,2-4,8-9H2,1H3,(H,28,29)/b27-17-. The zero-order valence-corrected chi connectivity index (χ0v) is 17.6. The maximum atomic E-state index is 12.7. The number of aryl methyl sites for hydroxylation is 1. The van der Waals surface area contributed by atoms with Gasteiger partial charge in [0.2, 0.25) is 5.91 Å². The molecule has 3 aromatic rings. The SMILES string of the molecule is Cc1ccc(C(=O)Oc2ccc3ccccc3c2/C=N\NC(=O)C2CCCCC2)cc1. The van der Waals surface area contributed by atoms with Gasteiger partial charge in [0.05, 0.1) is 11.8 Å². The van der Waals surface area contributed by atoms with Crippen LogP contribution in [-0.2, 0) is 4.79 Å². The minimum atomic E-state index is -0.434. The van der Waals surface area contributed by atoms with Crippen LogP contribution in [-0.4, -0.2) is 18.1 Å². The second kappa shape index (κ2) is 9.56. The normalized spacial score (nSPS) is 14.6. The Hall–Kier alpha value is -3.47. The van der Waals surface area contributed by atoms with Gasteiger partial charge >= 0.3 is 5.97 Å². The van der Waals surface area contributed by atoms with Gasteiger partial charge in [0.15, 0.2) is 0 Å². The average Bonchev–Trinajstić information content (AvgIpc) is 2.81. The third kappa shape index (κ3) is 5.00. The summed E-state index contributed by atoms with van der Waals surface area (Å²) in [7, 11) is 0. The Morgan fingerprint density at radius 1 is 0.968 bits per heavy atom. The first-order valence-electron chi connectivity index (χ1n) is 10.8. The van der Waals surface area contributed by atoms with Crippen LogP contribution in [0.5, 0.6) is 5.75 Å². The Balaban J connectivity index is 1.58. The minimum absolute atomic E-state index is 0.0252. The van der Waals surface area contributed by atoms with Crippen molar-refractivity contribution in [3.05, 3.63) is 77.4 Å². The largest absolute Gasteiger partial charge is 0.422 e. The Bertz CT molecular complexity index is 1110. The van der Waals surface area contributed by atoms with Gasteiger partial charge in [-0.3, -0.25) is 4.79 Å². The predicted octanol–water partition coefficient (Wildman–Crippen LogP) is 5.40. The van der Waals surface area contributed by atoms with Crippen molar-refractivity contribution in [2.45, 2.75) is 39.0 Å². The van der Waals surface area contributed by atoms with Crippen LogP contribution in [0.25, 0.3) is 10.8 Å². The number of hydrogen-bond acceptors (Lipinski definition) is 4. The number of benzene rings is 3. The second-order valence-corrected chi connectivity index (χ2v) is 8.02. The molecule has 1 saturated carbocycles. The number of fused-ring (bicyclic) bond motifs is 1. The Morgan fingerprint density at radius 3 is 2.48 bits per heavy atom. The van der Waals surface area contributed by atoms with E-state index in [1.165, 1.54) is 6.42 Å². The summed E-state index contributed by atoms with van der Waals surface area (Å²) in [6.07, 6.45) is 6.76. The smallest absolute Gasteiger partial charge is 0.343 e. The maximum absolute atomic E-state index is 12.7. The molecule has 0 aliphatic heterocycles. The van der Waals surface area contributed by atoms with E-state index in [-0.39, 0.29) is 11.8 Å². The fraction of sp³-hybridized carbons (Fsp3) is 0.269. The lowest BCUT2D eigenvalue weighted by Gasteiger charge is -2.19. The van der Waals surface area contributed by atoms with Gasteiger partial charge < -0.3 is 4.74 Å². The average molecular weight is 415 g/mol. The molecule has 3 aromatic carbocycles. The number of hydrazone groups is 1. The van der Waals surface area contributed by atoms with Gasteiger partial charge in [-0.25, -0.2) is 10.2 Å². The number of ether oxygens (including phenoxy) is 1. The molecule has 0 atom stereocenters. The van der Waals surface area contributed by atoms with Crippen molar-refractivity contribution in [2.24, 2.45) is 11.0 Å². The van der Waals surface area contributed by atoms with Gasteiger partial charge in [0, 0.05) is 11.5 Å². The van der Waals surface area contributed by atoms with E-state index in [4.69, 9.17) is 4.74 Å². The zero-order valence-electron chi connectivity index (χ0n) is 17.6. The fourth-order valence-corrected chi connectivity index (χ4v) is 3.96. The molecule has 5 nitrogen and oxygen atoms in total. The number of nitrogens with one attached hydrogen (secondary N) is 1. The Kier molecular flexibility index (Phi) is 6.41. The third-order valence-corrected chi connectivity index (χ3v) is 5.76. The summed E-state index contributed by atoms with van der Waals surface area (Å²) in [5, 5.41) is 6.10. The molecule has 0 radical (unpaired) electrons. The number of amides is 1. The van der Waals surface area contributed by atoms with Crippen molar-refractivity contribution in [3.63, 3.8) is 0 Å². The van der Waals surface area contributed by atoms with Crippen LogP contribution in [0.4, 0.5) is 0 Å². The monoisotopic (exact) mass is 414 g/mol. The first kappa shape index (κ1) is 20.8. The summed E-state index contributed by atoms with van der Waals surface area (Å²) >= 11 is 0. The van der Waals surface area contributed by atoms with Crippen LogP contribution in [0, 0.1) is 12.8 Å². The molecule has 4 rings (SSSR count). The van der Waals surface area contributed by atoms with Crippen LogP contribution < -0.4 is 10.2 Å². The van der Waals surface area contributed by atoms with Crippen molar-refractivity contribution >= 4 is 28.9 Å². The van der Waals surface area contributed by atoms with Gasteiger partial charge in [0.25, 0.3) is 0 Å². The number of carbonyl (C=O) groups is 2. The molecular formula is C26H26N2O3. The highest BCUT2D eigenvalue weighted by Gasteiger charge is 2.20. The molecule has 0 unspecified atom stereocenters. The van der Waals surface area contributed by atoms with Crippen LogP contribution in [0.1, 0.15) is 53.6 Å². The van der Waals surface area contributed by atoms with E-state index >= 15 is 0 Å². The second-order valence-electron chi connectivity index (χ2n) is 8.02. The van der Waals surface area contributed by atoms with Gasteiger partial charge in [-0.1, -0.05) is 67.3 Å². The van der Waals surface area contributed by atoms with Crippen molar-refractivity contribution in [1.82, 2.24) is 5.43 Å². The van der Waals surface area contributed by atoms with E-state index in [1.54, 1.807) is 24.4 Å². The lowest BCUT2D eigenvalue weighted by Crippen LogP contribution is -2.28. The van der Waals surface area contributed by atoms with E-state index in [1.807, 2.05) is 49.4 Å². The molecule has 1 aliphatic carbocycles. The summed E-state index contributed by atoms with van der Waals surface area (Å²) in [6, 6.07) is 18.7. The van der Waals surface area contributed by atoms with Crippen molar-refractivity contribution < 1.29 is 14.3 Å². The maximum Gasteiger partial charge on any atom is 0.343 e. The molecule has 0 heterocycles. The highest BCUT2D eigenvalue weighted by atomic mass is 16.5. The third-order valence-electron chi connectivity index (χ3n) is 5.76. The summed E-state index contributed by atoms with van der Waals surface area (Å²) in [5.41, 5.74) is 4.88. The van der Waals surface area contributed by atoms with Crippen molar-refractivity contribution in [1.29, 1.82) is 0 Å². The van der Waals surface area contributed by atoms with E-state index in [0.29, 0.717) is 16.9 Å². The highest BCUT2D eigenvalue weighted by molar-refractivity contribution is 6.04. The van der Waals surface area contributed by atoms with Crippen LogP contribution in [0.3, 0.4) is 0 Å². The zero-order chi connectivity index (χ0) is 21.6. The van der Waals surface area contributed by atoms with Gasteiger partial charge in [-0.15, -0.1) is 0 Å². The lowest BCUT2D eigenvalue weighted by atomic mass is 9.89. The number of nitrogens with zero attached hydrogens (tertiary/aromatic N) is 1. The van der Waals surface area contributed by atoms with E-state index < -0.39 is 5.97 Å². The Morgan fingerprint density at radius 2 is 1.71 bits per heavy atom. The number of carbonyl (C=O) groups excluding carboxylic acids is 2. The molecule has 1 amide bonds. The van der Waals surface area contributed by atoms with Crippen LogP contribution >= 0.6 is 0 Å². The molecule has 0 saturated heterocycles. The quantitative estimate of drug-likeness (QED) is 0.263. The highest BCUT2D eigenvalue weighted by Crippen LogP contribution is 2.28. The first-order chi connectivity index (χ1) is 15.1. The summed E-state index contributed by atoms with van der Waals surface area (Å²) in [4.78, 5) is 25.1. The molecular weight excluding hydrogens is 388 g/mol. The van der Waals surface area contributed by atoms with E-state index in [0.717, 1.165) is 42.0 Å². The number of esters is 1. The molecule has 5 heteroatoms. The topological polar surface area (TPSA) is 67.8 Å². The van der Waals surface area contributed by atoms with Gasteiger partial charge in [0.1, 0.15) is 5.75 Å². The molecule has 31 heavy (non-hydrogen) atoms.